The topological polar surface area (TPSA) is 60.2 Å². The Bertz CT molecular complexity index is 736. The average Bonchev–Trinajstić information content (AvgIpc) is 3.16. The number of carbonyl (C=O) groups is 1. The number of hydrogen-bond donors (Lipinski definition) is 0. The van der Waals surface area contributed by atoms with Crippen LogP contribution in [0.3, 0.4) is 0 Å². The van der Waals surface area contributed by atoms with Crippen LogP contribution in [0.4, 0.5) is 0 Å². The minimum Gasteiger partial charge on any atom is -0.497 e. The average molecular weight is 340 g/mol. The molecule has 1 unspecified atom stereocenters. The summed E-state index contributed by atoms with van der Waals surface area (Å²) in [5, 5.41) is 8.39. The minimum absolute atomic E-state index is 0.101. The molecule has 2 fully saturated rings. The first-order valence-electron chi connectivity index (χ1n) is 9.03. The number of nitrogens with zero attached hydrogens (tertiary/aromatic N) is 4. The fraction of sp³-hybridized carbons (Fsp3) is 0.526. The van der Waals surface area contributed by atoms with Crippen LogP contribution in [-0.2, 0) is 13.0 Å². The molecule has 1 atom stereocenters. The molecule has 132 valence electrons. The van der Waals surface area contributed by atoms with Gasteiger partial charge < -0.3 is 14.2 Å². The number of likely N-dealkylation sites (tertiary alicyclic amines) is 1. The van der Waals surface area contributed by atoms with Gasteiger partial charge in [-0.2, -0.15) is 0 Å². The zero-order chi connectivity index (χ0) is 17.2. The van der Waals surface area contributed by atoms with Crippen LogP contribution in [-0.4, -0.2) is 45.8 Å². The van der Waals surface area contributed by atoms with E-state index in [1.54, 1.807) is 7.11 Å². The summed E-state index contributed by atoms with van der Waals surface area (Å²) in [7, 11) is 1.63. The van der Waals surface area contributed by atoms with Gasteiger partial charge >= 0.3 is 0 Å². The lowest BCUT2D eigenvalue weighted by molar-refractivity contribution is 0.0787. The summed E-state index contributed by atoms with van der Waals surface area (Å²) in [6.45, 7) is 2.65. The SMILES string of the molecule is COc1ccc(C(=O)N2CCC(Cc3nncn3CC3CC3)C2)cc1. The first-order chi connectivity index (χ1) is 12.2. The summed E-state index contributed by atoms with van der Waals surface area (Å²) in [6, 6.07) is 7.34. The normalized spacial score (nSPS) is 20.0. The van der Waals surface area contributed by atoms with Gasteiger partial charge in [0.2, 0.25) is 0 Å². The van der Waals surface area contributed by atoms with Crippen LogP contribution in [0.5, 0.6) is 5.75 Å². The summed E-state index contributed by atoms with van der Waals surface area (Å²) < 4.78 is 7.35. The molecule has 1 aliphatic heterocycles. The maximum Gasteiger partial charge on any atom is 0.253 e. The molecule has 1 aliphatic carbocycles. The summed E-state index contributed by atoms with van der Waals surface area (Å²) in [5.74, 6) is 3.21. The number of benzene rings is 1. The highest BCUT2D eigenvalue weighted by Gasteiger charge is 2.29. The van der Waals surface area contributed by atoms with Gasteiger partial charge in [-0.15, -0.1) is 10.2 Å². The third kappa shape index (κ3) is 3.67. The number of methoxy groups -OCH3 is 1. The molecule has 1 saturated heterocycles. The van der Waals surface area contributed by atoms with E-state index in [0.29, 0.717) is 5.92 Å². The Hall–Kier alpha value is -2.37. The van der Waals surface area contributed by atoms with Gasteiger partial charge in [0.05, 0.1) is 7.11 Å². The molecule has 1 saturated carbocycles. The number of ether oxygens (including phenoxy) is 1. The number of rotatable bonds is 6. The van der Waals surface area contributed by atoms with Gasteiger partial charge in [-0.05, 0) is 55.4 Å². The Labute approximate surface area is 147 Å². The van der Waals surface area contributed by atoms with E-state index < -0.39 is 0 Å². The summed E-state index contributed by atoms with van der Waals surface area (Å²) >= 11 is 0. The lowest BCUT2D eigenvalue weighted by atomic mass is 10.0. The van der Waals surface area contributed by atoms with Crippen molar-refractivity contribution in [1.82, 2.24) is 19.7 Å². The largest absolute Gasteiger partial charge is 0.497 e. The van der Waals surface area contributed by atoms with Gasteiger partial charge in [-0.1, -0.05) is 0 Å². The van der Waals surface area contributed by atoms with Crippen LogP contribution in [0.1, 0.15) is 35.4 Å². The third-order valence-electron chi connectivity index (χ3n) is 5.23. The Morgan fingerprint density at radius 1 is 1.20 bits per heavy atom. The molecule has 2 aromatic rings. The zero-order valence-electron chi connectivity index (χ0n) is 14.6. The van der Waals surface area contributed by atoms with Crippen molar-refractivity contribution in [3.63, 3.8) is 0 Å². The molecule has 4 rings (SSSR count). The maximum absolute atomic E-state index is 12.7. The number of carbonyl (C=O) groups excluding carboxylic acids is 1. The van der Waals surface area contributed by atoms with E-state index in [0.717, 1.165) is 55.5 Å². The van der Waals surface area contributed by atoms with Crippen molar-refractivity contribution >= 4 is 5.91 Å². The molecular formula is C19H24N4O2. The fourth-order valence-electron chi connectivity index (χ4n) is 3.53. The van der Waals surface area contributed by atoms with Crippen molar-refractivity contribution in [1.29, 1.82) is 0 Å². The number of aromatic nitrogens is 3. The van der Waals surface area contributed by atoms with E-state index >= 15 is 0 Å². The first-order valence-corrected chi connectivity index (χ1v) is 9.03. The van der Waals surface area contributed by atoms with E-state index in [-0.39, 0.29) is 5.91 Å². The molecule has 25 heavy (non-hydrogen) atoms. The van der Waals surface area contributed by atoms with E-state index in [1.807, 2.05) is 35.5 Å². The monoisotopic (exact) mass is 340 g/mol. The van der Waals surface area contributed by atoms with Gasteiger partial charge in [0.25, 0.3) is 5.91 Å². The van der Waals surface area contributed by atoms with Gasteiger partial charge in [-0.25, -0.2) is 0 Å². The van der Waals surface area contributed by atoms with E-state index in [9.17, 15) is 4.79 Å². The Kier molecular flexibility index (Phi) is 4.42. The van der Waals surface area contributed by atoms with Crippen molar-refractivity contribution in [2.45, 2.75) is 32.2 Å². The molecule has 6 nitrogen and oxygen atoms in total. The summed E-state index contributed by atoms with van der Waals surface area (Å²) in [5.41, 5.74) is 0.721. The molecule has 0 bridgehead atoms. The second kappa shape index (κ2) is 6.86. The Morgan fingerprint density at radius 2 is 2.00 bits per heavy atom. The lowest BCUT2D eigenvalue weighted by Crippen LogP contribution is -2.29. The quantitative estimate of drug-likeness (QED) is 0.810. The molecule has 6 heteroatoms. The maximum atomic E-state index is 12.7. The van der Waals surface area contributed by atoms with Crippen LogP contribution >= 0.6 is 0 Å². The highest BCUT2D eigenvalue weighted by atomic mass is 16.5. The molecule has 2 heterocycles. The second-order valence-corrected chi connectivity index (χ2v) is 7.18. The standard InChI is InChI=1S/C19H24N4O2/c1-25-17-6-4-16(5-7-17)19(24)22-9-8-15(12-22)10-18-21-20-13-23(18)11-14-2-3-14/h4-7,13-15H,2-3,8-12H2,1H3. The van der Waals surface area contributed by atoms with E-state index in [2.05, 4.69) is 14.8 Å². The van der Waals surface area contributed by atoms with Crippen LogP contribution in [0.2, 0.25) is 0 Å². The van der Waals surface area contributed by atoms with Gasteiger partial charge in [0.15, 0.2) is 0 Å². The van der Waals surface area contributed by atoms with E-state index in [4.69, 9.17) is 4.74 Å². The number of amides is 1. The predicted molar refractivity (Wildman–Crippen MR) is 93.5 cm³/mol. The molecule has 1 amide bonds. The van der Waals surface area contributed by atoms with Gasteiger partial charge in [0, 0.05) is 31.6 Å². The Balaban J connectivity index is 1.36. The smallest absolute Gasteiger partial charge is 0.253 e. The minimum atomic E-state index is 0.101. The van der Waals surface area contributed by atoms with Crippen molar-refractivity contribution in [3.8, 4) is 5.75 Å². The summed E-state index contributed by atoms with van der Waals surface area (Å²) in [6.07, 6.45) is 6.43. The van der Waals surface area contributed by atoms with Crippen molar-refractivity contribution in [3.05, 3.63) is 42.0 Å². The highest BCUT2D eigenvalue weighted by Crippen LogP contribution is 2.31. The molecule has 1 aromatic carbocycles. The zero-order valence-corrected chi connectivity index (χ0v) is 14.6. The van der Waals surface area contributed by atoms with Crippen LogP contribution < -0.4 is 4.74 Å². The third-order valence-corrected chi connectivity index (χ3v) is 5.23. The van der Waals surface area contributed by atoms with Gasteiger partial charge in [-0.3, -0.25) is 4.79 Å². The van der Waals surface area contributed by atoms with Crippen LogP contribution in [0.25, 0.3) is 0 Å². The Morgan fingerprint density at radius 3 is 2.72 bits per heavy atom. The molecular weight excluding hydrogens is 316 g/mol. The number of hydrogen-bond acceptors (Lipinski definition) is 4. The van der Waals surface area contributed by atoms with Gasteiger partial charge in [0.1, 0.15) is 17.9 Å². The fourth-order valence-corrected chi connectivity index (χ4v) is 3.53. The van der Waals surface area contributed by atoms with E-state index in [1.165, 1.54) is 12.8 Å². The van der Waals surface area contributed by atoms with Crippen molar-refractivity contribution in [2.24, 2.45) is 11.8 Å². The molecule has 2 aliphatic rings. The lowest BCUT2D eigenvalue weighted by Gasteiger charge is -2.17. The highest BCUT2D eigenvalue weighted by molar-refractivity contribution is 5.94. The molecule has 0 radical (unpaired) electrons. The summed E-state index contributed by atoms with van der Waals surface area (Å²) in [4.78, 5) is 14.6. The van der Waals surface area contributed by atoms with Crippen molar-refractivity contribution < 1.29 is 9.53 Å². The predicted octanol–water partition coefficient (Wildman–Crippen LogP) is 2.40. The van der Waals surface area contributed by atoms with Crippen LogP contribution in [0.15, 0.2) is 30.6 Å². The second-order valence-electron chi connectivity index (χ2n) is 7.18. The first kappa shape index (κ1) is 16.1. The van der Waals surface area contributed by atoms with Crippen molar-refractivity contribution in [2.75, 3.05) is 20.2 Å². The molecule has 0 spiro atoms. The molecule has 1 aromatic heterocycles. The van der Waals surface area contributed by atoms with Crippen LogP contribution in [0, 0.1) is 11.8 Å². The molecule has 0 N–H and O–H groups in total.